The molecular weight excluding hydrogens is 432 g/mol. The van der Waals surface area contributed by atoms with Crippen LogP contribution in [0.3, 0.4) is 0 Å². The number of thiophene rings is 1. The number of amides is 2. The monoisotopic (exact) mass is 449 g/mol. The van der Waals surface area contributed by atoms with Crippen molar-refractivity contribution in [2.75, 3.05) is 38.0 Å². The minimum Gasteiger partial charge on any atom is -0.335 e. The second-order valence-corrected chi connectivity index (χ2v) is 8.44. The van der Waals surface area contributed by atoms with Gasteiger partial charge in [-0.1, -0.05) is 17.7 Å². The predicted molar refractivity (Wildman–Crippen MR) is 114 cm³/mol. The van der Waals surface area contributed by atoms with E-state index in [0.29, 0.717) is 51.9 Å². The van der Waals surface area contributed by atoms with E-state index >= 15 is 0 Å². The smallest absolute Gasteiger partial charge is 0.265 e. The average Bonchev–Trinajstić information content (AvgIpc) is 3.03. The molecule has 0 unspecified atom stereocenters. The van der Waals surface area contributed by atoms with E-state index in [1.807, 2.05) is 4.90 Å². The minimum absolute atomic E-state index is 0.154. The summed E-state index contributed by atoms with van der Waals surface area (Å²) in [6, 6.07) is 10.00. The van der Waals surface area contributed by atoms with E-state index in [2.05, 4.69) is 5.32 Å². The SMILES string of the molecule is O=C(CN1CCN(C(=O)c2sc3cc(F)ccc3c2Cl)CC1)Nc1cccc(F)c1. The Kier molecular flexibility index (Phi) is 5.99. The van der Waals surface area contributed by atoms with E-state index in [0.717, 1.165) is 0 Å². The summed E-state index contributed by atoms with van der Waals surface area (Å²) in [5, 5.41) is 3.68. The summed E-state index contributed by atoms with van der Waals surface area (Å²) in [7, 11) is 0. The summed E-state index contributed by atoms with van der Waals surface area (Å²) in [4.78, 5) is 29.1. The third-order valence-electron chi connectivity index (χ3n) is 4.92. The first-order chi connectivity index (χ1) is 14.4. The fourth-order valence-corrected chi connectivity index (χ4v) is 4.90. The number of carbonyl (C=O) groups excluding carboxylic acids is 2. The van der Waals surface area contributed by atoms with Crippen LogP contribution in [0.15, 0.2) is 42.5 Å². The van der Waals surface area contributed by atoms with Crippen LogP contribution >= 0.6 is 22.9 Å². The Morgan fingerprint density at radius 3 is 2.50 bits per heavy atom. The van der Waals surface area contributed by atoms with Gasteiger partial charge in [-0.05, 0) is 36.4 Å². The molecule has 1 N–H and O–H groups in total. The van der Waals surface area contributed by atoms with E-state index in [1.54, 1.807) is 17.0 Å². The van der Waals surface area contributed by atoms with E-state index in [-0.39, 0.29) is 24.2 Å². The number of benzene rings is 2. The number of nitrogens with zero attached hydrogens (tertiary/aromatic N) is 2. The minimum atomic E-state index is -0.414. The first-order valence-electron chi connectivity index (χ1n) is 9.35. The molecule has 2 aromatic carbocycles. The number of piperazine rings is 1. The highest BCUT2D eigenvalue weighted by molar-refractivity contribution is 7.21. The van der Waals surface area contributed by atoms with Crippen molar-refractivity contribution in [3.63, 3.8) is 0 Å². The molecule has 0 radical (unpaired) electrons. The molecule has 0 saturated carbocycles. The van der Waals surface area contributed by atoms with Crippen molar-refractivity contribution in [1.29, 1.82) is 0 Å². The number of hydrogen-bond donors (Lipinski definition) is 1. The fraction of sp³-hybridized carbons (Fsp3) is 0.238. The highest BCUT2D eigenvalue weighted by Crippen LogP contribution is 2.36. The molecule has 1 saturated heterocycles. The molecule has 5 nitrogen and oxygen atoms in total. The van der Waals surface area contributed by atoms with Crippen molar-refractivity contribution in [2.45, 2.75) is 0 Å². The van der Waals surface area contributed by atoms with E-state index < -0.39 is 5.82 Å². The number of rotatable bonds is 4. The van der Waals surface area contributed by atoms with Gasteiger partial charge >= 0.3 is 0 Å². The third kappa shape index (κ3) is 4.45. The number of nitrogens with one attached hydrogen (secondary N) is 1. The molecule has 2 amide bonds. The van der Waals surface area contributed by atoms with Gasteiger partial charge in [0.2, 0.25) is 5.91 Å². The van der Waals surface area contributed by atoms with Gasteiger partial charge in [-0.15, -0.1) is 11.3 Å². The first-order valence-corrected chi connectivity index (χ1v) is 10.5. The van der Waals surface area contributed by atoms with Crippen LogP contribution in [-0.4, -0.2) is 54.3 Å². The third-order valence-corrected chi connectivity index (χ3v) is 6.57. The molecule has 0 spiro atoms. The Morgan fingerprint density at radius 1 is 1.03 bits per heavy atom. The van der Waals surface area contributed by atoms with Crippen molar-refractivity contribution >= 4 is 50.5 Å². The lowest BCUT2D eigenvalue weighted by atomic mass is 10.2. The Morgan fingerprint density at radius 2 is 1.77 bits per heavy atom. The summed E-state index contributed by atoms with van der Waals surface area (Å²) in [6.45, 7) is 2.11. The fourth-order valence-electron chi connectivity index (χ4n) is 3.40. The van der Waals surface area contributed by atoms with Crippen molar-refractivity contribution < 1.29 is 18.4 Å². The predicted octanol–water partition coefficient (Wildman–Crippen LogP) is 4.23. The van der Waals surface area contributed by atoms with Crippen LogP contribution < -0.4 is 5.32 Å². The van der Waals surface area contributed by atoms with Gasteiger partial charge in [0.15, 0.2) is 0 Å². The number of carbonyl (C=O) groups is 2. The van der Waals surface area contributed by atoms with Crippen molar-refractivity contribution in [3.05, 3.63) is 64.0 Å². The Labute approximate surface area is 180 Å². The van der Waals surface area contributed by atoms with Crippen LogP contribution in [0.4, 0.5) is 14.5 Å². The molecule has 4 rings (SSSR count). The van der Waals surface area contributed by atoms with Crippen LogP contribution in [0.5, 0.6) is 0 Å². The van der Waals surface area contributed by atoms with E-state index in [9.17, 15) is 18.4 Å². The maximum absolute atomic E-state index is 13.4. The maximum Gasteiger partial charge on any atom is 0.265 e. The number of hydrogen-bond acceptors (Lipinski definition) is 4. The molecule has 1 fully saturated rings. The summed E-state index contributed by atoms with van der Waals surface area (Å²) < 4.78 is 27.3. The average molecular weight is 450 g/mol. The zero-order chi connectivity index (χ0) is 21.3. The normalized spacial score (nSPS) is 14.8. The molecule has 0 bridgehead atoms. The molecule has 9 heteroatoms. The van der Waals surface area contributed by atoms with Crippen molar-refractivity contribution in [3.8, 4) is 0 Å². The van der Waals surface area contributed by atoms with Gasteiger partial charge in [0, 0.05) is 42.0 Å². The Bertz CT molecular complexity index is 1110. The lowest BCUT2D eigenvalue weighted by Crippen LogP contribution is -2.50. The second-order valence-electron chi connectivity index (χ2n) is 7.01. The maximum atomic E-state index is 13.4. The van der Waals surface area contributed by atoms with Gasteiger partial charge < -0.3 is 10.2 Å². The largest absolute Gasteiger partial charge is 0.335 e. The van der Waals surface area contributed by atoms with Crippen LogP contribution in [0.1, 0.15) is 9.67 Å². The topological polar surface area (TPSA) is 52.7 Å². The molecule has 1 aromatic heterocycles. The van der Waals surface area contributed by atoms with Crippen LogP contribution in [0.25, 0.3) is 10.1 Å². The Hall–Kier alpha value is -2.55. The van der Waals surface area contributed by atoms with Crippen LogP contribution in [0.2, 0.25) is 5.02 Å². The van der Waals surface area contributed by atoms with Gasteiger partial charge in [-0.2, -0.15) is 0 Å². The lowest BCUT2D eigenvalue weighted by Gasteiger charge is -2.34. The molecule has 2 heterocycles. The molecule has 1 aliphatic heterocycles. The summed E-state index contributed by atoms with van der Waals surface area (Å²) in [5.74, 6) is -1.22. The van der Waals surface area contributed by atoms with Crippen LogP contribution in [0, 0.1) is 11.6 Å². The van der Waals surface area contributed by atoms with Crippen molar-refractivity contribution in [2.24, 2.45) is 0 Å². The molecular formula is C21H18ClF2N3O2S. The van der Waals surface area contributed by atoms with Gasteiger partial charge in [-0.25, -0.2) is 8.78 Å². The standard InChI is InChI=1S/C21H18ClF2N3O2S/c22-19-16-5-4-14(24)11-17(16)30-20(19)21(29)27-8-6-26(7-9-27)12-18(28)25-15-3-1-2-13(23)10-15/h1-5,10-11H,6-9,12H2,(H,25,28). The van der Waals surface area contributed by atoms with Gasteiger partial charge in [0.1, 0.15) is 16.5 Å². The highest BCUT2D eigenvalue weighted by atomic mass is 35.5. The quantitative estimate of drug-likeness (QED) is 0.648. The molecule has 156 valence electrons. The number of fused-ring (bicyclic) bond motifs is 1. The van der Waals surface area contributed by atoms with Crippen LogP contribution in [-0.2, 0) is 4.79 Å². The number of halogens is 3. The molecule has 0 aliphatic carbocycles. The zero-order valence-electron chi connectivity index (χ0n) is 15.8. The van der Waals surface area contributed by atoms with E-state index in [4.69, 9.17) is 11.6 Å². The highest BCUT2D eigenvalue weighted by Gasteiger charge is 2.27. The second kappa shape index (κ2) is 8.67. The van der Waals surface area contributed by atoms with Gasteiger partial charge in [-0.3, -0.25) is 14.5 Å². The van der Waals surface area contributed by atoms with Gasteiger partial charge in [0.05, 0.1) is 11.6 Å². The summed E-state index contributed by atoms with van der Waals surface area (Å²) in [5.41, 5.74) is 0.407. The zero-order valence-corrected chi connectivity index (χ0v) is 17.4. The van der Waals surface area contributed by atoms with E-state index in [1.165, 1.54) is 41.7 Å². The Balaban J connectivity index is 1.34. The van der Waals surface area contributed by atoms with Gasteiger partial charge in [0.25, 0.3) is 5.91 Å². The molecule has 1 aliphatic rings. The first kappa shape index (κ1) is 20.7. The molecule has 3 aromatic rings. The summed E-state index contributed by atoms with van der Waals surface area (Å²) >= 11 is 7.54. The molecule has 0 atom stereocenters. The number of anilines is 1. The van der Waals surface area contributed by atoms with Crippen molar-refractivity contribution in [1.82, 2.24) is 9.80 Å². The lowest BCUT2D eigenvalue weighted by molar-refractivity contribution is -0.117. The molecule has 30 heavy (non-hydrogen) atoms. The summed E-state index contributed by atoms with van der Waals surface area (Å²) in [6.07, 6.45) is 0.